The fourth-order valence-corrected chi connectivity index (χ4v) is 2.33. The lowest BCUT2D eigenvalue weighted by atomic mass is 9.92. The molecule has 148 valence electrons. The van der Waals surface area contributed by atoms with Crippen LogP contribution in [0.1, 0.15) is 62.4 Å². The average molecular weight is 380 g/mol. The Morgan fingerprint density at radius 2 is 1.96 bits per heavy atom. The summed E-state index contributed by atoms with van der Waals surface area (Å²) >= 11 is 0. The number of amides is 1. The highest BCUT2D eigenvalue weighted by Gasteiger charge is 2.23. The maximum absolute atomic E-state index is 12.8. The van der Waals surface area contributed by atoms with Crippen molar-refractivity contribution < 1.29 is 18.3 Å². The fraction of sp³-hybridized carbons (Fsp3) is 0.526. The number of carbonyl (C=O) groups excluding carboxylic acids is 1. The number of aromatic nitrogens is 3. The van der Waals surface area contributed by atoms with Crippen molar-refractivity contribution in [2.24, 2.45) is 7.05 Å². The highest BCUT2D eigenvalue weighted by atomic mass is 19.3. The second kappa shape index (κ2) is 7.62. The number of aryl methyl sites for hydroxylation is 1. The van der Waals surface area contributed by atoms with Crippen molar-refractivity contribution in [2.45, 2.75) is 52.0 Å². The Hall–Kier alpha value is -2.51. The van der Waals surface area contributed by atoms with Gasteiger partial charge in [0.25, 0.3) is 11.8 Å². The third-order valence-corrected chi connectivity index (χ3v) is 3.96. The molecular formula is C19H26F2N4O2. The second-order valence-electron chi connectivity index (χ2n) is 7.77. The summed E-state index contributed by atoms with van der Waals surface area (Å²) in [6, 6.07) is 4.65. The zero-order valence-corrected chi connectivity index (χ0v) is 16.5. The lowest BCUT2D eigenvalue weighted by Gasteiger charge is -2.15. The van der Waals surface area contributed by atoms with Gasteiger partial charge in [-0.2, -0.15) is 5.10 Å². The summed E-state index contributed by atoms with van der Waals surface area (Å²) in [7, 11) is 1.73. The first-order chi connectivity index (χ1) is 12.4. The second-order valence-corrected chi connectivity index (χ2v) is 7.77. The van der Waals surface area contributed by atoms with E-state index in [1.165, 1.54) is 12.3 Å². The molecule has 1 amide bonds. The Morgan fingerprint density at radius 3 is 2.44 bits per heavy atom. The molecular weight excluding hydrogens is 354 g/mol. The number of halogens is 2. The number of carbonyl (C=O) groups is 1. The molecule has 0 bridgehead atoms. The number of nitrogens with zero attached hydrogens (tertiary/aromatic N) is 3. The number of nitrogens with one attached hydrogen (secondary N) is 1. The van der Waals surface area contributed by atoms with Gasteiger partial charge in [0.05, 0.1) is 11.7 Å². The van der Waals surface area contributed by atoms with Crippen LogP contribution in [-0.2, 0) is 12.5 Å². The molecule has 0 fully saturated rings. The van der Waals surface area contributed by atoms with Crippen molar-refractivity contribution in [1.29, 1.82) is 0 Å². The van der Waals surface area contributed by atoms with Gasteiger partial charge in [-0.15, -0.1) is 0 Å². The largest absolute Gasteiger partial charge is 0.471 e. The molecule has 0 spiro atoms. The lowest BCUT2D eigenvalue weighted by Crippen LogP contribution is -2.28. The molecule has 0 saturated heterocycles. The summed E-state index contributed by atoms with van der Waals surface area (Å²) in [6.07, 6.45) is 1.50. The summed E-state index contributed by atoms with van der Waals surface area (Å²) < 4.78 is 32.1. The van der Waals surface area contributed by atoms with Crippen LogP contribution >= 0.6 is 0 Å². The Bertz CT molecular complexity index is 790. The maximum Gasteiger partial charge on any atom is 0.278 e. The Labute approximate surface area is 157 Å². The average Bonchev–Trinajstić information content (AvgIpc) is 2.95. The number of alkyl halides is 2. The van der Waals surface area contributed by atoms with Crippen molar-refractivity contribution in [2.75, 3.05) is 6.61 Å². The van der Waals surface area contributed by atoms with E-state index >= 15 is 0 Å². The van der Waals surface area contributed by atoms with Crippen LogP contribution in [0.4, 0.5) is 8.78 Å². The first kappa shape index (κ1) is 20.8. The summed E-state index contributed by atoms with van der Waals surface area (Å²) in [4.78, 5) is 16.6. The standard InChI is InChI=1S/C19H26F2N4O2/c1-12(13-7-8-16(22-10-13)27-11-19(5,20)21)23-17(26)14-9-15(18(2,3)4)24-25(14)6/h7-10,12H,11H2,1-6H3,(H,23,26). The van der Waals surface area contributed by atoms with E-state index < -0.39 is 12.5 Å². The minimum atomic E-state index is -2.92. The fourth-order valence-electron chi connectivity index (χ4n) is 2.33. The van der Waals surface area contributed by atoms with Crippen LogP contribution in [0, 0.1) is 0 Å². The third-order valence-electron chi connectivity index (χ3n) is 3.96. The van der Waals surface area contributed by atoms with Gasteiger partial charge in [0.15, 0.2) is 6.61 Å². The van der Waals surface area contributed by atoms with Crippen LogP contribution in [0.2, 0.25) is 0 Å². The molecule has 0 radical (unpaired) electrons. The first-order valence-electron chi connectivity index (χ1n) is 8.69. The molecule has 8 heteroatoms. The summed E-state index contributed by atoms with van der Waals surface area (Å²) in [5.41, 5.74) is 1.87. The Balaban J connectivity index is 2.03. The van der Waals surface area contributed by atoms with Gasteiger partial charge in [-0.1, -0.05) is 26.8 Å². The smallest absolute Gasteiger partial charge is 0.278 e. The van der Waals surface area contributed by atoms with Gasteiger partial charge in [0.1, 0.15) is 5.69 Å². The van der Waals surface area contributed by atoms with E-state index in [2.05, 4.69) is 15.4 Å². The van der Waals surface area contributed by atoms with E-state index in [1.54, 1.807) is 23.9 Å². The summed E-state index contributed by atoms with van der Waals surface area (Å²) in [6.45, 7) is 7.96. The zero-order chi connectivity index (χ0) is 20.4. The van der Waals surface area contributed by atoms with Gasteiger partial charge in [0.2, 0.25) is 5.88 Å². The van der Waals surface area contributed by atoms with Crippen molar-refractivity contribution in [3.05, 3.63) is 41.3 Å². The van der Waals surface area contributed by atoms with Gasteiger partial charge in [-0.3, -0.25) is 9.48 Å². The van der Waals surface area contributed by atoms with Gasteiger partial charge in [0, 0.05) is 31.6 Å². The molecule has 1 N–H and O–H groups in total. The Kier molecular flexibility index (Phi) is 5.87. The molecule has 1 unspecified atom stereocenters. The topological polar surface area (TPSA) is 69.0 Å². The van der Waals surface area contributed by atoms with E-state index in [0.29, 0.717) is 5.69 Å². The van der Waals surface area contributed by atoms with Crippen molar-refractivity contribution in [3.8, 4) is 5.88 Å². The number of ether oxygens (including phenoxy) is 1. The van der Waals surface area contributed by atoms with Crippen LogP contribution in [0.15, 0.2) is 24.4 Å². The molecule has 2 heterocycles. The number of hydrogen-bond acceptors (Lipinski definition) is 4. The van der Waals surface area contributed by atoms with E-state index in [1.807, 2.05) is 27.7 Å². The molecule has 0 aliphatic rings. The van der Waals surface area contributed by atoms with Gasteiger partial charge in [-0.05, 0) is 18.6 Å². The molecule has 0 saturated carbocycles. The highest BCUT2D eigenvalue weighted by Crippen LogP contribution is 2.22. The van der Waals surface area contributed by atoms with Crippen molar-refractivity contribution in [3.63, 3.8) is 0 Å². The van der Waals surface area contributed by atoms with Gasteiger partial charge in [-0.25, -0.2) is 13.8 Å². The van der Waals surface area contributed by atoms with Crippen LogP contribution in [-0.4, -0.2) is 33.2 Å². The van der Waals surface area contributed by atoms with Gasteiger partial charge >= 0.3 is 0 Å². The van der Waals surface area contributed by atoms with E-state index in [4.69, 9.17) is 4.74 Å². The molecule has 0 aliphatic heterocycles. The number of pyridine rings is 1. The highest BCUT2D eigenvalue weighted by molar-refractivity contribution is 5.93. The molecule has 27 heavy (non-hydrogen) atoms. The third kappa shape index (κ3) is 5.74. The van der Waals surface area contributed by atoms with Crippen LogP contribution in [0.25, 0.3) is 0 Å². The number of hydrogen-bond donors (Lipinski definition) is 1. The monoisotopic (exact) mass is 380 g/mol. The summed E-state index contributed by atoms with van der Waals surface area (Å²) in [5, 5.41) is 7.29. The van der Waals surface area contributed by atoms with Gasteiger partial charge < -0.3 is 10.1 Å². The van der Waals surface area contributed by atoms with Crippen LogP contribution < -0.4 is 10.1 Å². The number of rotatable bonds is 6. The molecule has 2 aromatic rings. The van der Waals surface area contributed by atoms with E-state index in [9.17, 15) is 13.6 Å². The predicted molar refractivity (Wildman–Crippen MR) is 98.1 cm³/mol. The quantitative estimate of drug-likeness (QED) is 0.831. The molecule has 2 rings (SSSR count). The lowest BCUT2D eigenvalue weighted by molar-refractivity contribution is -0.0242. The van der Waals surface area contributed by atoms with E-state index in [-0.39, 0.29) is 23.2 Å². The Morgan fingerprint density at radius 1 is 1.30 bits per heavy atom. The minimum absolute atomic E-state index is 0.111. The molecule has 6 nitrogen and oxygen atoms in total. The van der Waals surface area contributed by atoms with Crippen LogP contribution in [0.5, 0.6) is 5.88 Å². The predicted octanol–water partition coefficient (Wildman–Crippen LogP) is 3.64. The molecule has 0 aromatic carbocycles. The van der Waals surface area contributed by atoms with Crippen molar-refractivity contribution in [1.82, 2.24) is 20.1 Å². The van der Waals surface area contributed by atoms with E-state index in [0.717, 1.165) is 18.2 Å². The first-order valence-corrected chi connectivity index (χ1v) is 8.69. The molecule has 1 atom stereocenters. The maximum atomic E-state index is 12.8. The normalized spacial score (nSPS) is 13.3. The zero-order valence-electron chi connectivity index (χ0n) is 16.5. The molecule has 2 aromatic heterocycles. The molecule has 0 aliphatic carbocycles. The van der Waals surface area contributed by atoms with Crippen molar-refractivity contribution >= 4 is 5.91 Å². The SMILES string of the molecule is CC(NC(=O)c1cc(C(C)(C)C)nn1C)c1ccc(OCC(C)(F)F)nc1. The van der Waals surface area contributed by atoms with Crippen LogP contribution in [0.3, 0.4) is 0 Å². The summed E-state index contributed by atoms with van der Waals surface area (Å²) in [5.74, 6) is -3.06. The minimum Gasteiger partial charge on any atom is -0.471 e.